The third-order valence-corrected chi connectivity index (χ3v) is 6.00. The molecule has 1 aromatic carbocycles. The van der Waals surface area contributed by atoms with Crippen LogP contribution >= 0.6 is 0 Å². The van der Waals surface area contributed by atoms with Gasteiger partial charge in [0, 0.05) is 32.3 Å². The van der Waals surface area contributed by atoms with Crippen LogP contribution in [0.5, 0.6) is 0 Å². The quantitative estimate of drug-likeness (QED) is 0.589. The summed E-state index contributed by atoms with van der Waals surface area (Å²) in [6, 6.07) is 9.96. The van der Waals surface area contributed by atoms with Crippen molar-refractivity contribution >= 4 is 5.96 Å². The first-order valence-electron chi connectivity index (χ1n) is 10.9. The maximum absolute atomic E-state index is 6.19. The molecule has 2 aromatic rings. The number of ether oxygens (including phenoxy) is 1. The number of oxazole rings is 1. The third-order valence-electron chi connectivity index (χ3n) is 6.00. The molecule has 0 amide bonds. The lowest BCUT2D eigenvalue weighted by molar-refractivity contribution is 0.00101. The molecule has 1 N–H and O–H groups in total. The molecule has 156 valence electrons. The van der Waals surface area contributed by atoms with Gasteiger partial charge >= 0.3 is 0 Å². The number of likely N-dealkylation sites (tertiary alicyclic amines) is 1. The number of nitrogens with one attached hydrogen (secondary N) is 1. The van der Waals surface area contributed by atoms with Crippen LogP contribution in [0.1, 0.15) is 44.2 Å². The Balaban J connectivity index is 1.22. The van der Waals surface area contributed by atoms with E-state index in [9.17, 15) is 0 Å². The highest BCUT2D eigenvalue weighted by atomic mass is 16.5. The molecule has 6 nitrogen and oxygen atoms in total. The van der Waals surface area contributed by atoms with Gasteiger partial charge in [-0.3, -0.25) is 4.99 Å². The van der Waals surface area contributed by atoms with E-state index in [1.807, 2.05) is 37.4 Å². The van der Waals surface area contributed by atoms with Crippen LogP contribution in [-0.4, -0.2) is 48.7 Å². The number of aliphatic imine (C=N–C) groups is 1. The Morgan fingerprint density at radius 3 is 2.66 bits per heavy atom. The van der Waals surface area contributed by atoms with Crippen molar-refractivity contribution in [2.75, 3.05) is 26.7 Å². The van der Waals surface area contributed by atoms with Gasteiger partial charge in [0.2, 0.25) is 5.89 Å². The number of rotatable bonds is 6. The van der Waals surface area contributed by atoms with Crippen LogP contribution in [0, 0.1) is 5.92 Å². The van der Waals surface area contributed by atoms with E-state index in [1.54, 1.807) is 6.26 Å². The number of benzene rings is 1. The molecule has 0 bridgehead atoms. The summed E-state index contributed by atoms with van der Waals surface area (Å²) in [6.07, 6.45) is 9.71. The fourth-order valence-electron chi connectivity index (χ4n) is 4.29. The van der Waals surface area contributed by atoms with Crippen molar-refractivity contribution in [3.05, 3.63) is 42.3 Å². The molecule has 1 aliphatic heterocycles. The number of guanidine groups is 1. The van der Waals surface area contributed by atoms with Crippen molar-refractivity contribution in [3.63, 3.8) is 0 Å². The smallest absolute Gasteiger partial charge is 0.226 e. The van der Waals surface area contributed by atoms with Gasteiger partial charge in [-0.15, -0.1) is 0 Å². The lowest BCUT2D eigenvalue weighted by Crippen LogP contribution is -2.46. The summed E-state index contributed by atoms with van der Waals surface area (Å²) in [5, 5.41) is 3.42. The Morgan fingerprint density at radius 1 is 1.17 bits per heavy atom. The summed E-state index contributed by atoms with van der Waals surface area (Å²) in [5.74, 6) is 2.37. The zero-order valence-electron chi connectivity index (χ0n) is 17.3. The van der Waals surface area contributed by atoms with Crippen LogP contribution in [-0.2, 0) is 11.3 Å². The minimum atomic E-state index is 0.397. The predicted molar refractivity (Wildman–Crippen MR) is 115 cm³/mol. The Hall–Kier alpha value is -2.34. The second-order valence-corrected chi connectivity index (χ2v) is 8.08. The Morgan fingerprint density at radius 2 is 1.93 bits per heavy atom. The third kappa shape index (κ3) is 5.38. The summed E-state index contributed by atoms with van der Waals surface area (Å²) in [6.45, 7) is 3.50. The van der Waals surface area contributed by atoms with Gasteiger partial charge in [-0.2, -0.15) is 0 Å². The summed E-state index contributed by atoms with van der Waals surface area (Å²) in [4.78, 5) is 11.4. The van der Waals surface area contributed by atoms with Gasteiger partial charge < -0.3 is 19.4 Å². The Kier molecular flexibility index (Phi) is 6.83. The molecule has 1 saturated heterocycles. The van der Waals surface area contributed by atoms with Gasteiger partial charge in [0.1, 0.15) is 6.26 Å². The van der Waals surface area contributed by atoms with Crippen LogP contribution < -0.4 is 5.32 Å². The van der Waals surface area contributed by atoms with Crippen molar-refractivity contribution in [3.8, 4) is 11.5 Å². The van der Waals surface area contributed by atoms with Crippen molar-refractivity contribution in [2.24, 2.45) is 10.9 Å². The molecule has 0 atom stereocenters. The molecular formula is C23H32N4O2. The Labute approximate surface area is 173 Å². The summed E-state index contributed by atoms with van der Waals surface area (Å²) in [7, 11) is 1.84. The van der Waals surface area contributed by atoms with E-state index in [4.69, 9.17) is 9.15 Å². The number of hydrogen-bond donors (Lipinski definition) is 1. The lowest BCUT2D eigenvalue weighted by atomic mass is 10.1. The lowest BCUT2D eigenvalue weighted by Gasteiger charge is -2.34. The molecule has 2 aliphatic rings. The van der Waals surface area contributed by atoms with Crippen LogP contribution in [0.25, 0.3) is 11.5 Å². The largest absolute Gasteiger partial charge is 0.444 e. The standard InChI is InChI=1S/C23H32N4O2/c1-24-23(25-15-20-17-29-22(26-20)19-9-3-2-4-10-19)27-13-11-21(12-14-27)28-16-18-7-5-6-8-18/h2-4,9-10,17-18,21H,5-8,11-16H2,1H3,(H,24,25). The molecule has 1 saturated carbocycles. The average molecular weight is 397 g/mol. The fourth-order valence-corrected chi connectivity index (χ4v) is 4.29. The normalized spacial score (nSPS) is 19.1. The maximum atomic E-state index is 6.19. The van der Waals surface area contributed by atoms with Gasteiger partial charge in [0.05, 0.1) is 18.3 Å². The number of nitrogens with zero attached hydrogens (tertiary/aromatic N) is 3. The van der Waals surface area contributed by atoms with E-state index >= 15 is 0 Å². The monoisotopic (exact) mass is 396 g/mol. The molecule has 2 heterocycles. The first kappa shape index (κ1) is 20.0. The molecule has 1 aliphatic carbocycles. The van der Waals surface area contributed by atoms with Crippen molar-refractivity contribution < 1.29 is 9.15 Å². The zero-order valence-corrected chi connectivity index (χ0v) is 17.3. The van der Waals surface area contributed by atoms with E-state index in [1.165, 1.54) is 25.7 Å². The van der Waals surface area contributed by atoms with Crippen LogP contribution in [0.2, 0.25) is 0 Å². The number of hydrogen-bond acceptors (Lipinski definition) is 4. The van der Waals surface area contributed by atoms with Crippen molar-refractivity contribution in [1.82, 2.24) is 15.2 Å². The highest BCUT2D eigenvalue weighted by Gasteiger charge is 2.24. The van der Waals surface area contributed by atoms with Crippen LogP contribution in [0.3, 0.4) is 0 Å². The van der Waals surface area contributed by atoms with Gasteiger partial charge in [-0.25, -0.2) is 4.98 Å². The predicted octanol–water partition coefficient (Wildman–Crippen LogP) is 4.09. The average Bonchev–Trinajstić information content (AvgIpc) is 3.46. The maximum Gasteiger partial charge on any atom is 0.226 e. The second kappa shape index (κ2) is 9.92. The highest BCUT2D eigenvalue weighted by molar-refractivity contribution is 5.79. The molecule has 29 heavy (non-hydrogen) atoms. The molecule has 6 heteroatoms. The first-order chi connectivity index (χ1) is 14.3. The molecule has 1 aromatic heterocycles. The number of aromatic nitrogens is 1. The van der Waals surface area contributed by atoms with Crippen LogP contribution in [0.4, 0.5) is 0 Å². The Bertz CT molecular complexity index is 775. The zero-order chi connectivity index (χ0) is 19.9. The molecule has 2 fully saturated rings. The van der Waals surface area contributed by atoms with E-state index < -0.39 is 0 Å². The summed E-state index contributed by atoms with van der Waals surface area (Å²) in [5.41, 5.74) is 1.86. The summed E-state index contributed by atoms with van der Waals surface area (Å²) < 4.78 is 11.8. The van der Waals surface area contributed by atoms with Gasteiger partial charge in [0.25, 0.3) is 0 Å². The first-order valence-corrected chi connectivity index (χ1v) is 10.9. The molecule has 0 radical (unpaired) electrons. The van der Waals surface area contributed by atoms with Gasteiger partial charge in [-0.05, 0) is 43.7 Å². The van der Waals surface area contributed by atoms with Crippen LogP contribution in [0.15, 0.2) is 46.0 Å². The minimum Gasteiger partial charge on any atom is -0.444 e. The molecular weight excluding hydrogens is 364 g/mol. The van der Waals surface area contributed by atoms with E-state index in [0.29, 0.717) is 18.5 Å². The highest BCUT2D eigenvalue weighted by Crippen LogP contribution is 2.26. The van der Waals surface area contributed by atoms with Gasteiger partial charge in [-0.1, -0.05) is 31.0 Å². The second-order valence-electron chi connectivity index (χ2n) is 8.08. The van der Waals surface area contributed by atoms with E-state index in [2.05, 4.69) is 20.2 Å². The van der Waals surface area contributed by atoms with Gasteiger partial charge in [0.15, 0.2) is 5.96 Å². The topological polar surface area (TPSA) is 62.9 Å². The molecule has 0 unspecified atom stereocenters. The SMILES string of the molecule is CN=C(NCc1coc(-c2ccccc2)n1)N1CCC(OCC2CCCC2)CC1. The van der Waals surface area contributed by atoms with Crippen molar-refractivity contribution in [1.29, 1.82) is 0 Å². The fraction of sp³-hybridized carbons (Fsp3) is 0.565. The van der Waals surface area contributed by atoms with E-state index in [-0.39, 0.29) is 0 Å². The summed E-state index contributed by atoms with van der Waals surface area (Å²) >= 11 is 0. The van der Waals surface area contributed by atoms with E-state index in [0.717, 1.165) is 55.7 Å². The number of piperidine rings is 1. The van der Waals surface area contributed by atoms with Crippen molar-refractivity contribution in [2.45, 2.75) is 51.2 Å². The molecule has 0 spiro atoms. The minimum absolute atomic E-state index is 0.397. The molecule has 4 rings (SSSR count).